The third kappa shape index (κ3) is 10.3. The van der Waals surface area contributed by atoms with E-state index < -0.39 is 48.0 Å². The van der Waals surface area contributed by atoms with Crippen LogP contribution < -0.4 is 30.2 Å². The number of halogens is 2. The minimum atomic E-state index is -0.869. The summed E-state index contributed by atoms with van der Waals surface area (Å²) in [5.74, 6) is -0.858. The molecule has 8 aromatic rings. The van der Waals surface area contributed by atoms with Gasteiger partial charge in [0.2, 0.25) is 0 Å². The summed E-state index contributed by atoms with van der Waals surface area (Å²) in [4.78, 5) is 79.0. The molecule has 0 radical (unpaired) electrons. The fourth-order valence-corrected chi connectivity index (χ4v) is 13.3. The van der Waals surface area contributed by atoms with E-state index in [0.29, 0.717) is 73.1 Å². The third-order valence-corrected chi connectivity index (χ3v) is 17.4. The number of H-pyrrole nitrogens is 2. The lowest BCUT2D eigenvalue weighted by Crippen LogP contribution is -2.51. The zero-order valence-corrected chi connectivity index (χ0v) is 47.4. The molecule has 428 valence electrons. The van der Waals surface area contributed by atoms with Crippen LogP contribution in [0.4, 0.5) is 41.1 Å². The van der Waals surface area contributed by atoms with Crippen LogP contribution in [0.1, 0.15) is 123 Å². The highest BCUT2D eigenvalue weighted by Crippen LogP contribution is 2.50. The number of anilines is 4. The Morgan fingerprint density at radius 3 is 1.45 bits per heavy atom. The Bertz CT molecular complexity index is 3560. The molecule has 6 heterocycles. The number of imidazole rings is 2. The summed E-state index contributed by atoms with van der Waals surface area (Å²) in [7, 11) is 2.54. The first-order valence-corrected chi connectivity index (χ1v) is 28.7. The van der Waals surface area contributed by atoms with Crippen molar-refractivity contribution in [3.05, 3.63) is 178 Å². The second kappa shape index (κ2) is 22.5. The number of aromatic nitrogens is 4. The first-order valence-electron chi connectivity index (χ1n) is 28.7. The van der Waals surface area contributed by atoms with Crippen LogP contribution >= 0.6 is 0 Å². The average Bonchev–Trinajstić information content (AvgIpc) is 3.04. The van der Waals surface area contributed by atoms with Gasteiger partial charge in [-0.1, -0.05) is 107 Å². The normalized spacial score (nSPS) is 19.6. The smallest absolute Gasteiger partial charge is 0.407 e. The van der Waals surface area contributed by atoms with Gasteiger partial charge in [-0.3, -0.25) is 19.4 Å². The van der Waals surface area contributed by atoms with Gasteiger partial charge in [-0.25, -0.2) is 28.3 Å². The number of amides is 4. The van der Waals surface area contributed by atoms with Gasteiger partial charge in [0.05, 0.1) is 60.5 Å². The molecule has 6 aromatic carbocycles. The van der Waals surface area contributed by atoms with Crippen molar-refractivity contribution in [2.24, 2.45) is 11.8 Å². The van der Waals surface area contributed by atoms with Gasteiger partial charge in [-0.05, 0) is 120 Å². The number of methoxy groups -OCH3 is 2. The molecule has 6 atom stereocenters. The van der Waals surface area contributed by atoms with Gasteiger partial charge in [0.1, 0.15) is 29.4 Å². The maximum absolute atomic E-state index is 17.0. The number of benzene rings is 6. The summed E-state index contributed by atoms with van der Waals surface area (Å²) in [6.07, 6.45) is 2.41. The van der Waals surface area contributed by atoms with Crippen molar-refractivity contribution < 1.29 is 37.4 Å². The van der Waals surface area contributed by atoms with Crippen molar-refractivity contribution in [1.29, 1.82) is 0 Å². The summed E-state index contributed by atoms with van der Waals surface area (Å²) >= 11 is 0. The standard InChI is InChI=1S/C65H68F2N10O6/c1-36(2)57(72-64(80)82-5)62(78)76-51-18-12-10-16-40(51)32-55(76)60-68-47-22-20-42(30-49(47)70-60)53-24-25-54(75(53)44-34-45(66)59(46(67)35-44)74-28-26-39(27-29-74)38-14-8-7-9-15-38)43-21-23-48-50(31-43)71-61(69-48)56-33-41-17-11-13-19-52(41)77(56)63(79)58(37(3)4)73-65(81)83-6/h7-23,30-31,34-37,39,53-58H,24-29,32-33H2,1-6H3,(H,68,70)(H,69,71)(H,72,80)(H,73,81)/t53-,54-,55+,56+,57-,58-/m1/s1. The predicted octanol–water partition coefficient (Wildman–Crippen LogP) is 12.2. The van der Waals surface area contributed by atoms with Crippen molar-refractivity contribution in [2.45, 2.75) is 108 Å². The Morgan fingerprint density at radius 2 is 1.00 bits per heavy atom. The number of nitrogens with one attached hydrogen (secondary N) is 4. The van der Waals surface area contributed by atoms with E-state index in [4.69, 9.17) is 19.4 Å². The molecule has 0 aliphatic carbocycles. The minimum Gasteiger partial charge on any atom is -0.453 e. The van der Waals surface area contributed by atoms with Crippen LogP contribution in [0.2, 0.25) is 0 Å². The van der Waals surface area contributed by atoms with Crippen LogP contribution in [0.15, 0.2) is 127 Å². The topological polar surface area (TPSA) is 181 Å². The molecule has 0 unspecified atom stereocenters. The number of nitrogens with zero attached hydrogens (tertiary/aromatic N) is 6. The average molecular weight is 1120 g/mol. The third-order valence-electron chi connectivity index (χ3n) is 17.4. The van der Waals surface area contributed by atoms with Crippen LogP contribution in [0, 0.1) is 23.5 Å². The number of hydrogen-bond acceptors (Lipinski definition) is 10. The molecule has 0 spiro atoms. The molecule has 0 saturated carbocycles. The Kier molecular flexibility index (Phi) is 14.9. The van der Waals surface area contributed by atoms with Crippen molar-refractivity contribution >= 4 is 68.8 Å². The Labute approximate surface area is 480 Å². The van der Waals surface area contributed by atoms with Crippen LogP contribution in [-0.2, 0) is 31.9 Å². The maximum Gasteiger partial charge on any atom is 0.407 e. The van der Waals surface area contributed by atoms with Crippen LogP contribution in [0.25, 0.3) is 22.1 Å². The molecule has 0 bridgehead atoms. The summed E-state index contributed by atoms with van der Waals surface area (Å²) in [6, 6.07) is 37.3. The summed E-state index contributed by atoms with van der Waals surface area (Å²) in [6.45, 7) is 8.53. The molecule has 4 aliphatic rings. The molecule has 2 fully saturated rings. The van der Waals surface area contributed by atoms with E-state index in [1.165, 1.54) is 31.9 Å². The van der Waals surface area contributed by atoms with Crippen molar-refractivity contribution in [2.75, 3.05) is 46.9 Å². The number of carbonyl (C=O) groups excluding carboxylic acids is 4. The second-order valence-corrected chi connectivity index (χ2v) is 23.1. The Balaban J connectivity index is 0.891. The lowest BCUT2D eigenvalue weighted by Gasteiger charge is -2.36. The zero-order valence-electron chi connectivity index (χ0n) is 47.4. The Morgan fingerprint density at radius 1 is 0.554 bits per heavy atom. The quantitative estimate of drug-likeness (QED) is 0.0867. The number of ether oxygens (including phenoxy) is 2. The largest absolute Gasteiger partial charge is 0.453 e. The van der Waals surface area contributed by atoms with Crippen LogP contribution in [0.3, 0.4) is 0 Å². The fourth-order valence-electron chi connectivity index (χ4n) is 13.3. The molecule has 83 heavy (non-hydrogen) atoms. The first-order chi connectivity index (χ1) is 40.2. The number of para-hydroxylation sites is 2. The lowest BCUT2D eigenvalue weighted by molar-refractivity contribution is -0.122. The SMILES string of the molecule is COC(=O)N[C@@H](C(=O)N1c2ccccc2C[C@H]1c1nc2cc([C@H]3CC[C@H](c4ccc5[nH]c([C@@H]6Cc7ccccc7N6C(=O)[C@H](NC(=O)OC)C(C)C)nc5c4)N3c3cc(F)c(N4CCC(c5ccccc5)CC4)c(F)c3)ccc2[nH]1)C(C)C. The molecule has 2 saturated heterocycles. The zero-order chi connectivity index (χ0) is 57.8. The number of alkyl carbamates (subject to hydrolysis) is 2. The highest BCUT2D eigenvalue weighted by molar-refractivity contribution is 6.02. The summed E-state index contributed by atoms with van der Waals surface area (Å²) in [5, 5.41) is 5.50. The number of carbonyl (C=O) groups is 4. The lowest BCUT2D eigenvalue weighted by atomic mass is 9.89. The van der Waals surface area contributed by atoms with Gasteiger partial charge in [-0.2, -0.15) is 0 Å². The van der Waals surface area contributed by atoms with Gasteiger partial charge in [0, 0.05) is 43.0 Å². The highest BCUT2D eigenvalue weighted by atomic mass is 19.1. The molecular weight excluding hydrogens is 1050 g/mol. The number of piperidine rings is 1. The second-order valence-electron chi connectivity index (χ2n) is 23.1. The van der Waals surface area contributed by atoms with E-state index >= 15 is 8.78 Å². The van der Waals surface area contributed by atoms with Gasteiger partial charge >= 0.3 is 12.2 Å². The van der Waals surface area contributed by atoms with E-state index in [-0.39, 0.29) is 41.4 Å². The minimum absolute atomic E-state index is 0.0201. The maximum atomic E-state index is 17.0. The van der Waals surface area contributed by atoms with E-state index in [2.05, 4.69) is 37.6 Å². The van der Waals surface area contributed by atoms with Crippen LogP contribution in [-0.4, -0.2) is 83.3 Å². The first kappa shape index (κ1) is 54.8. The predicted molar refractivity (Wildman–Crippen MR) is 315 cm³/mol. The highest BCUT2D eigenvalue weighted by Gasteiger charge is 2.44. The summed E-state index contributed by atoms with van der Waals surface area (Å²) in [5.41, 5.74) is 9.66. The molecular formula is C65H68F2N10O6. The molecule has 12 rings (SSSR count). The number of rotatable bonds is 13. The monoisotopic (exact) mass is 1120 g/mol. The molecule has 16 nitrogen and oxygen atoms in total. The molecule has 2 aromatic heterocycles. The van der Waals surface area contributed by atoms with Crippen LogP contribution in [0.5, 0.6) is 0 Å². The Hall–Kier alpha value is -8.80. The van der Waals surface area contributed by atoms with E-state index in [1.807, 2.05) is 136 Å². The molecule has 18 heteroatoms. The number of fused-ring (bicyclic) bond motifs is 4. The van der Waals surface area contributed by atoms with Crippen molar-refractivity contribution in [3.63, 3.8) is 0 Å². The number of hydrogen-bond donors (Lipinski definition) is 4. The molecule has 4 amide bonds. The van der Waals surface area contributed by atoms with E-state index in [1.54, 1.807) is 9.80 Å². The molecule has 4 N–H and O–H groups in total. The number of aromatic amines is 2. The van der Waals surface area contributed by atoms with Gasteiger partial charge in [0.15, 0.2) is 11.6 Å². The van der Waals surface area contributed by atoms with E-state index in [9.17, 15) is 19.2 Å². The van der Waals surface area contributed by atoms with Gasteiger partial charge < -0.3 is 39.9 Å². The summed E-state index contributed by atoms with van der Waals surface area (Å²) < 4.78 is 43.9. The van der Waals surface area contributed by atoms with Crippen molar-refractivity contribution in [3.8, 4) is 0 Å². The fraction of sp³-hybridized carbons (Fsp3) is 0.354. The molecule has 4 aliphatic heterocycles. The van der Waals surface area contributed by atoms with Gasteiger partial charge in [0.25, 0.3) is 11.8 Å². The van der Waals surface area contributed by atoms with Gasteiger partial charge in [-0.15, -0.1) is 0 Å². The van der Waals surface area contributed by atoms with E-state index in [0.717, 1.165) is 57.5 Å². The van der Waals surface area contributed by atoms with Crippen molar-refractivity contribution in [1.82, 2.24) is 30.6 Å².